The van der Waals surface area contributed by atoms with E-state index in [2.05, 4.69) is 5.32 Å². The lowest BCUT2D eigenvalue weighted by atomic mass is 9.94. The van der Waals surface area contributed by atoms with Crippen molar-refractivity contribution in [2.24, 2.45) is 0 Å². The molecule has 9 nitrogen and oxygen atoms in total. The number of furan rings is 1. The average molecular weight is 656 g/mol. The molecule has 47 heavy (non-hydrogen) atoms. The van der Waals surface area contributed by atoms with Crippen LogP contribution < -0.4 is 14.5 Å². The van der Waals surface area contributed by atoms with Crippen molar-refractivity contribution >= 4 is 44.2 Å². The molecule has 242 valence electrons. The number of anilines is 2. The van der Waals surface area contributed by atoms with Gasteiger partial charge in [0.2, 0.25) is 10.0 Å². The van der Waals surface area contributed by atoms with Gasteiger partial charge in [0, 0.05) is 35.3 Å². The van der Waals surface area contributed by atoms with Crippen molar-refractivity contribution in [3.8, 4) is 11.1 Å². The second-order valence-corrected chi connectivity index (χ2v) is 13.8. The largest absolute Gasteiger partial charge is 0.463 e. The summed E-state index contributed by atoms with van der Waals surface area (Å²) >= 11 is 0. The number of carbonyl (C=O) groups excluding carboxylic acids is 2. The minimum absolute atomic E-state index is 0.206. The van der Waals surface area contributed by atoms with Gasteiger partial charge < -0.3 is 19.7 Å². The van der Waals surface area contributed by atoms with Gasteiger partial charge in [-0.2, -0.15) is 0 Å². The third-order valence-electron chi connectivity index (χ3n) is 8.63. The number of nitrogens with one attached hydrogen (secondary N) is 1. The molecule has 2 N–H and O–H groups in total. The Bertz CT molecular complexity index is 2090. The summed E-state index contributed by atoms with van der Waals surface area (Å²) in [6.45, 7) is 1.17. The van der Waals surface area contributed by atoms with Gasteiger partial charge >= 0.3 is 0 Å². The molecular formula is C36H34FN3O6S. The fourth-order valence-electron chi connectivity index (χ4n) is 5.88. The minimum atomic E-state index is -3.88. The van der Waals surface area contributed by atoms with Crippen LogP contribution >= 0.6 is 0 Å². The number of benzene rings is 4. The molecule has 1 saturated carbocycles. The Labute approximate surface area is 272 Å². The Hall–Kier alpha value is -5.00. The third kappa shape index (κ3) is 6.24. The number of nitrogens with zero attached hydrogens (tertiary/aromatic N) is 2. The molecule has 11 heteroatoms. The van der Waals surface area contributed by atoms with E-state index in [9.17, 15) is 27.5 Å². The molecule has 1 aliphatic rings. The average Bonchev–Trinajstić information content (AvgIpc) is 3.72. The second kappa shape index (κ2) is 12.3. The van der Waals surface area contributed by atoms with Crippen molar-refractivity contribution in [3.63, 3.8) is 0 Å². The summed E-state index contributed by atoms with van der Waals surface area (Å²) in [5, 5.41) is 13.4. The first-order valence-corrected chi connectivity index (χ1v) is 16.9. The summed E-state index contributed by atoms with van der Waals surface area (Å²) in [6, 6.07) is 23.7. The number of hydrogen-bond acceptors (Lipinski definition) is 6. The lowest BCUT2D eigenvalue weighted by Gasteiger charge is -2.25. The van der Waals surface area contributed by atoms with Gasteiger partial charge in [-0.1, -0.05) is 36.4 Å². The van der Waals surface area contributed by atoms with Gasteiger partial charge in [0.15, 0.2) is 0 Å². The van der Waals surface area contributed by atoms with E-state index < -0.39 is 33.9 Å². The quantitative estimate of drug-likeness (QED) is 0.191. The smallest absolute Gasteiger partial charge is 0.261 e. The van der Waals surface area contributed by atoms with Crippen molar-refractivity contribution in [1.82, 2.24) is 5.32 Å². The summed E-state index contributed by atoms with van der Waals surface area (Å²) in [7, 11) is -2.32. The Balaban J connectivity index is 1.47. The maximum Gasteiger partial charge on any atom is 0.261 e. The van der Waals surface area contributed by atoms with Crippen LogP contribution in [0.25, 0.3) is 22.1 Å². The van der Waals surface area contributed by atoms with Gasteiger partial charge in [0.1, 0.15) is 17.7 Å². The number of aliphatic hydroxyl groups excluding tert-OH is 1. The Morgan fingerprint density at radius 3 is 2.32 bits per heavy atom. The maximum atomic E-state index is 13.7. The Morgan fingerprint density at radius 2 is 1.68 bits per heavy atom. The van der Waals surface area contributed by atoms with Gasteiger partial charge in [0.25, 0.3) is 11.8 Å². The van der Waals surface area contributed by atoms with Crippen LogP contribution in [0.4, 0.5) is 15.8 Å². The van der Waals surface area contributed by atoms with Crippen LogP contribution in [0, 0.1) is 12.7 Å². The van der Waals surface area contributed by atoms with Crippen LogP contribution in [0.15, 0.2) is 95.6 Å². The summed E-state index contributed by atoms with van der Waals surface area (Å²) < 4.78 is 46.4. The van der Waals surface area contributed by atoms with Gasteiger partial charge in [-0.3, -0.25) is 13.9 Å². The first kappa shape index (κ1) is 32.0. The Morgan fingerprint density at radius 1 is 0.979 bits per heavy atom. The van der Waals surface area contributed by atoms with Crippen LogP contribution in [-0.4, -0.2) is 51.8 Å². The number of sulfonamides is 1. The van der Waals surface area contributed by atoms with E-state index in [-0.39, 0.29) is 29.3 Å². The van der Waals surface area contributed by atoms with E-state index in [0.717, 1.165) is 34.5 Å². The lowest BCUT2D eigenvalue weighted by molar-refractivity contribution is 0.0929. The lowest BCUT2D eigenvalue weighted by Crippen LogP contribution is -2.34. The maximum absolute atomic E-state index is 13.7. The number of amides is 2. The number of aliphatic hydroxyl groups is 1. The number of carbonyl (C=O) groups is 2. The number of hydrogen-bond donors (Lipinski definition) is 2. The molecule has 6 rings (SSSR count). The molecule has 0 atom stereocenters. The molecule has 0 radical (unpaired) electrons. The highest BCUT2D eigenvalue weighted by atomic mass is 32.2. The van der Waals surface area contributed by atoms with Crippen LogP contribution in [-0.2, 0) is 15.6 Å². The standard InChI is InChI=1S/C36H34FN3O6S/c1-23-9-10-24(34(42)38-36(15-16-36)25-7-5-4-6-8-25)19-28(23)29-20-30-31(35(43)39(2)27-13-11-26(37)12-14-27)22-46-33(30)21-32(29)40(17-18-41)47(3,44)45/h4-14,19-22,41H,15-18H2,1-3H3,(H,38,42). The van der Waals surface area contributed by atoms with E-state index in [4.69, 9.17) is 4.42 Å². The highest BCUT2D eigenvalue weighted by molar-refractivity contribution is 7.92. The van der Waals surface area contributed by atoms with Crippen LogP contribution in [0.2, 0.25) is 0 Å². The topological polar surface area (TPSA) is 120 Å². The second-order valence-electron chi connectivity index (χ2n) is 11.8. The van der Waals surface area contributed by atoms with E-state index in [0.29, 0.717) is 27.8 Å². The van der Waals surface area contributed by atoms with Crippen LogP contribution in [0.3, 0.4) is 0 Å². The van der Waals surface area contributed by atoms with Gasteiger partial charge in [-0.05, 0) is 78.9 Å². The van der Waals surface area contributed by atoms with Crippen molar-refractivity contribution in [2.45, 2.75) is 25.3 Å². The highest BCUT2D eigenvalue weighted by Gasteiger charge is 2.45. The predicted octanol–water partition coefficient (Wildman–Crippen LogP) is 6.00. The SMILES string of the molecule is Cc1ccc(C(=O)NC2(c3ccccc3)CC2)cc1-c1cc2c(C(=O)N(C)c3ccc(F)cc3)coc2cc1N(CCO)S(C)(=O)=O. The van der Waals surface area contributed by atoms with Gasteiger partial charge in [-0.15, -0.1) is 0 Å². The Kier molecular flexibility index (Phi) is 8.37. The molecule has 1 aromatic heterocycles. The predicted molar refractivity (Wildman–Crippen MR) is 180 cm³/mol. The summed E-state index contributed by atoms with van der Waals surface area (Å²) in [5.74, 6) is -1.13. The molecular weight excluding hydrogens is 621 g/mol. The zero-order chi connectivity index (χ0) is 33.5. The van der Waals surface area contributed by atoms with E-state index in [1.165, 1.54) is 41.5 Å². The first-order valence-electron chi connectivity index (χ1n) is 15.1. The fourth-order valence-corrected chi connectivity index (χ4v) is 6.80. The molecule has 1 aliphatic carbocycles. The molecule has 1 heterocycles. The van der Waals surface area contributed by atoms with Crippen LogP contribution in [0.5, 0.6) is 0 Å². The molecule has 0 bridgehead atoms. The molecule has 1 fully saturated rings. The van der Waals surface area contributed by atoms with E-state index in [1.807, 2.05) is 37.3 Å². The van der Waals surface area contributed by atoms with Crippen molar-refractivity contribution < 1.29 is 31.9 Å². The van der Waals surface area contributed by atoms with E-state index >= 15 is 0 Å². The van der Waals surface area contributed by atoms with Crippen molar-refractivity contribution in [3.05, 3.63) is 119 Å². The summed E-state index contributed by atoms with van der Waals surface area (Å²) in [5.41, 5.74) is 3.85. The molecule has 0 unspecified atom stereocenters. The third-order valence-corrected chi connectivity index (χ3v) is 9.81. The first-order chi connectivity index (χ1) is 22.4. The van der Waals surface area contributed by atoms with Crippen molar-refractivity contribution in [2.75, 3.05) is 35.7 Å². The van der Waals surface area contributed by atoms with Gasteiger partial charge in [-0.25, -0.2) is 12.8 Å². The summed E-state index contributed by atoms with van der Waals surface area (Å²) in [4.78, 5) is 28.7. The zero-order valence-corrected chi connectivity index (χ0v) is 27.0. The number of aryl methyl sites for hydroxylation is 1. The number of rotatable bonds is 10. The molecule has 0 spiro atoms. The highest BCUT2D eigenvalue weighted by Crippen LogP contribution is 2.46. The molecule has 5 aromatic rings. The fraction of sp³-hybridized carbons (Fsp3) is 0.222. The van der Waals surface area contributed by atoms with Crippen molar-refractivity contribution in [1.29, 1.82) is 0 Å². The molecule has 0 saturated heterocycles. The number of halogens is 1. The normalized spacial score (nSPS) is 13.7. The molecule has 4 aromatic carbocycles. The molecule has 2 amide bonds. The van der Waals surface area contributed by atoms with Gasteiger partial charge in [0.05, 0.1) is 36.2 Å². The van der Waals surface area contributed by atoms with E-state index in [1.54, 1.807) is 31.3 Å². The minimum Gasteiger partial charge on any atom is -0.463 e. The summed E-state index contributed by atoms with van der Waals surface area (Å²) in [6.07, 6.45) is 3.97. The molecule has 0 aliphatic heterocycles. The zero-order valence-electron chi connectivity index (χ0n) is 26.2. The number of fused-ring (bicyclic) bond motifs is 1. The van der Waals surface area contributed by atoms with Crippen LogP contribution in [0.1, 0.15) is 44.7 Å². The monoisotopic (exact) mass is 655 g/mol.